The van der Waals surface area contributed by atoms with Crippen molar-refractivity contribution in [3.63, 3.8) is 0 Å². The molecule has 1 fully saturated rings. The van der Waals surface area contributed by atoms with Gasteiger partial charge in [0.15, 0.2) is 0 Å². The lowest BCUT2D eigenvalue weighted by Crippen LogP contribution is -2.17. The highest BCUT2D eigenvalue weighted by atomic mass is 32.2. The summed E-state index contributed by atoms with van der Waals surface area (Å²) >= 11 is 6.28. The average molecular weight is 428 g/mol. The van der Waals surface area contributed by atoms with Crippen molar-refractivity contribution in [3.8, 4) is 11.5 Å². The minimum Gasteiger partial charge on any atom is -0.493 e. The summed E-state index contributed by atoms with van der Waals surface area (Å²) < 4.78 is 12.1. The van der Waals surface area contributed by atoms with Gasteiger partial charge in [-0.05, 0) is 53.8 Å². The summed E-state index contributed by atoms with van der Waals surface area (Å²) in [5, 5.41) is 2.62. The number of thiocarbonyl (C=S) groups is 1. The molecular formula is C23H25NO3S2. The van der Waals surface area contributed by atoms with Crippen molar-refractivity contribution in [2.75, 3.05) is 13.2 Å². The number of nitrogens with one attached hydrogen (secondary N) is 1. The number of benzene rings is 2. The second-order valence-electron chi connectivity index (χ2n) is 6.85. The highest BCUT2D eigenvalue weighted by Crippen LogP contribution is 2.27. The Morgan fingerprint density at radius 2 is 1.83 bits per heavy atom. The van der Waals surface area contributed by atoms with Crippen molar-refractivity contribution in [3.05, 3.63) is 64.6 Å². The maximum absolute atomic E-state index is 11.8. The second-order valence-corrected chi connectivity index (χ2v) is 8.57. The van der Waals surface area contributed by atoms with Crippen molar-refractivity contribution in [1.29, 1.82) is 0 Å². The van der Waals surface area contributed by atoms with E-state index in [1.807, 2.05) is 42.5 Å². The van der Waals surface area contributed by atoms with Crippen LogP contribution >= 0.6 is 24.0 Å². The lowest BCUT2D eigenvalue weighted by atomic mass is 9.99. The molecule has 0 saturated carbocycles. The summed E-state index contributed by atoms with van der Waals surface area (Å²) in [6, 6.07) is 16.0. The Labute approximate surface area is 181 Å². The Hall–Kier alpha value is -2.31. The predicted octanol–water partition coefficient (Wildman–Crippen LogP) is 5.54. The average Bonchev–Trinajstić information content (AvgIpc) is 3.04. The van der Waals surface area contributed by atoms with Gasteiger partial charge in [0.1, 0.15) is 15.8 Å². The number of carbonyl (C=O) groups is 1. The number of rotatable bonds is 9. The van der Waals surface area contributed by atoms with Crippen molar-refractivity contribution in [2.45, 2.75) is 32.6 Å². The Balaban J connectivity index is 1.43. The third kappa shape index (κ3) is 6.34. The predicted molar refractivity (Wildman–Crippen MR) is 124 cm³/mol. The maximum Gasteiger partial charge on any atom is 0.263 e. The highest BCUT2D eigenvalue weighted by Gasteiger charge is 2.21. The van der Waals surface area contributed by atoms with Crippen molar-refractivity contribution in [1.82, 2.24) is 5.32 Å². The molecule has 29 heavy (non-hydrogen) atoms. The minimum absolute atomic E-state index is 0.152. The van der Waals surface area contributed by atoms with E-state index in [0.29, 0.717) is 28.4 Å². The highest BCUT2D eigenvalue weighted by molar-refractivity contribution is 8.26. The van der Waals surface area contributed by atoms with E-state index in [2.05, 4.69) is 31.3 Å². The Bertz CT molecular complexity index is 893. The van der Waals surface area contributed by atoms with Gasteiger partial charge in [-0.1, -0.05) is 62.1 Å². The number of hydrogen-bond acceptors (Lipinski definition) is 5. The van der Waals surface area contributed by atoms with E-state index in [0.717, 1.165) is 29.9 Å². The van der Waals surface area contributed by atoms with E-state index in [-0.39, 0.29) is 5.91 Å². The number of hydrogen-bond donors (Lipinski definition) is 1. The zero-order chi connectivity index (χ0) is 20.6. The molecule has 2 aromatic rings. The summed E-state index contributed by atoms with van der Waals surface area (Å²) in [5.74, 6) is 2.07. The Morgan fingerprint density at radius 3 is 2.48 bits per heavy atom. The molecule has 1 N–H and O–H groups in total. The van der Waals surface area contributed by atoms with Gasteiger partial charge in [0.2, 0.25) is 0 Å². The van der Waals surface area contributed by atoms with E-state index in [4.69, 9.17) is 21.7 Å². The largest absolute Gasteiger partial charge is 0.493 e. The summed E-state index contributed by atoms with van der Waals surface area (Å²) in [6.07, 6.45) is 3.73. The molecule has 1 atom stereocenters. The van der Waals surface area contributed by atoms with Gasteiger partial charge in [0.05, 0.1) is 18.1 Å². The first kappa shape index (κ1) is 21.4. The zero-order valence-corrected chi connectivity index (χ0v) is 18.3. The molecule has 152 valence electrons. The van der Waals surface area contributed by atoms with Crippen LogP contribution in [0.1, 0.15) is 43.7 Å². The van der Waals surface area contributed by atoms with E-state index in [1.54, 1.807) is 0 Å². The molecule has 1 unspecified atom stereocenters. The van der Waals surface area contributed by atoms with Crippen LogP contribution in [-0.2, 0) is 4.79 Å². The first-order valence-corrected chi connectivity index (χ1v) is 11.0. The molecule has 2 aromatic carbocycles. The molecule has 0 bridgehead atoms. The molecule has 3 rings (SSSR count). The standard InChI is InChI=1S/C23H25NO3S2/c1-3-16(2)18-8-10-19(11-9-18)26-12-5-13-27-20-7-4-6-17(14-20)15-21-22(25)24-23(28)29-21/h4,6-11,14-16H,3,5,12-13H2,1-2H3,(H,24,25,28)/b21-15+. The zero-order valence-electron chi connectivity index (χ0n) is 16.6. The summed E-state index contributed by atoms with van der Waals surface area (Å²) in [7, 11) is 0. The van der Waals surface area contributed by atoms with Gasteiger partial charge in [0.25, 0.3) is 5.91 Å². The van der Waals surface area contributed by atoms with Crippen molar-refractivity contribution < 1.29 is 14.3 Å². The smallest absolute Gasteiger partial charge is 0.263 e. The van der Waals surface area contributed by atoms with Crippen LogP contribution in [0.2, 0.25) is 0 Å². The molecule has 6 heteroatoms. The van der Waals surface area contributed by atoms with E-state index >= 15 is 0 Å². The molecule has 1 amide bonds. The van der Waals surface area contributed by atoms with Gasteiger partial charge in [-0.2, -0.15) is 0 Å². The van der Waals surface area contributed by atoms with Crippen LogP contribution in [0.5, 0.6) is 11.5 Å². The van der Waals surface area contributed by atoms with Crippen LogP contribution < -0.4 is 14.8 Å². The van der Waals surface area contributed by atoms with Crippen LogP contribution in [0, 0.1) is 0 Å². The van der Waals surface area contributed by atoms with Gasteiger partial charge < -0.3 is 14.8 Å². The Morgan fingerprint density at radius 1 is 1.10 bits per heavy atom. The summed E-state index contributed by atoms with van der Waals surface area (Å²) in [4.78, 5) is 12.4. The third-order valence-electron chi connectivity index (χ3n) is 4.69. The fourth-order valence-corrected chi connectivity index (χ4v) is 3.88. The van der Waals surface area contributed by atoms with Gasteiger partial charge in [-0.15, -0.1) is 0 Å². The first-order chi connectivity index (χ1) is 14.0. The fourth-order valence-electron chi connectivity index (χ4n) is 2.83. The van der Waals surface area contributed by atoms with Crippen LogP contribution in [-0.4, -0.2) is 23.4 Å². The molecule has 1 aliphatic rings. The quantitative estimate of drug-likeness (QED) is 0.324. The number of carbonyl (C=O) groups excluding carboxylic acids is 1. The molecule has 0 aliphatic carbocycles. The minimum atomic E-state index is -0.152. The van der Waals surface area contributed by atoms with E-state index in [9.17, 15) is 4.79 Å². The van der Waals surface area contributed by atoms with Crippen LogP contribution in [0.3, 0.4) is 0 Å². The second kappa shape index (κ2) is 10.5. The summed E-state index contributed by atoms with van der Waals surface area (Å²) in [5.41, 5.74) is 2.25. The van der Waals surface area contributed by atoms with Crippen molar-refractivity contribution in [2.24, 2.45) is 0 Å². The summed E-state index contributed by atoms with van der Waals surface area (Å²) in [6.45, 7) is 5.58. The molecule has 1 aliphatic heterocycles. The molecular weight excluding hydrogens is 402 g/mol. The lowest BCUT2D eigenvalue weighted by molar-refractivity contribution is -0.115. The van der Waals surface area contributed by atoms with Gasteiger partial charge in [-0.3, -0.25) is 4.79 Å². The molecule has 4 nitrogen and oxygen atoms in total. The molecule has 1 heterocycles. The molecule has 0 spiro atoms. The topological polar surface area (TPSA) is 47.6 Å². The maximum atomic E-state index is 11.8. The van der Waals surface area contributed by atoms with Gasteiger partial charge >= 0.3 is 0 Å². The normalized spacial score (nSPS) is 16.0. The van der Waals surface area contributed by atoms with Gasteiger partial charge in [0, 0.05) is 6.42 Å². The van der Waals surface area contributed by atoms with Crippen LogP contribution in [0.4, 0.5) is 0 Å². The number of ether oxygens (including phenoxy) is 2. The van der Waals surface area contributed by atoms with Crippen LogP contribution in [0.25, 0.3) is 6.08 Å². The molecule has 1 saturated heterocycles. The number of amides is 1. The third-order valence-corrected chi connectivity index (χ3v) is 5.85. The van der Waals surface area contributed by atoms with Crippen molar-refractivity contribution >= 4 is 40.3 Å². The van der Waals surface area contributed by atoms with Crippen LogP contribution in [0.15, 0.2) is 53.4 Å². The molecule has 0 radical (unpaired) electrons. The van der Waals surface area contributed by atoms with E-state index < -0.39 is 0 Å². The van der Waals surface area contributed by atoms with E-state index in [1.165, 1.54) is 17.3 Å². The molecule has 0 aromatic heterocycles. The SMILES string of the molecule is CCC(C)c1ccc(OCCCOc2cccc(/C=C3/SC(=S)NC3=O)c2)cc1. The fraction of sp³-hybridized carbons (Fsp3) is 0.304. The number of thioether (sulfide) groups is 1. The lowest BCUT2D eigenvalue weighted by Gasteiger charge is -2.11. The first-order valence-electron chi connectivity index (χ1n) is 9.75. The monoisotopic (exact) mass is 427 g/mol. The Kier molecular flexibility index (Phi) is 7.72. The van der Waals surface area contributed by atoms with Gasteiger partial charge in [-0.25, -0.2) is 0 Å².